The van der Waals surface area contributed by atoms with Crippen LogP contribution in [0.15, 0.2) is 90.5 Å². The number of allylic oxidation sites excluding steroid dienone is 2. The Bertz CT molecular complexity index is 1720. The quantitative estimate of drug-likeness (QED) is 0.278. The van der Waals surface area contributed by atoms with Gasteiger partial charge in [0.25, 0.3) is 0 Å². The van der Waals surface area contributed by atoms with Gasteiger partial charge in [-0.1, -0.05) is 73.2 Å². The minimum atomic E-state index is -1.22. The van der Waals surface area contributed by atoms with Crippen LogP contribution in [-0.2, 0) is 25.8 Å². The largest absolute Gasteiger partial charge is 0.508 e. The van der Waals surface area contributed by atoms with Gasteiger partial charge in [-0.3, -0.25) is 24.1 Å². The fourth-order valence-electron chi connectivity index (χ4n) is 8.29. The zero-order valence-electron chi connectivity index (χ0n) is 25.4. The van der Waals surface area contributed by atoms with E-state index in [9.17, 15) is 24.3 Å². The Balaban J connectivity index is 1.32. The van der Waals surface area contributed by atoms with Gasteiger partial charge in [0.2, 0.25) is 23.6 Å². The number of hydrogen-bond donors (Lipinski definition) is 1. The molecule has 0 aromatic heterocycles. The molecule has 6 unspecified atom stereocenters. The second-order valence-corrected chi connectivity index (χ2v) is 12.8. The normalized spacial score (nSPS) is 28.9. The lowest BCUT2D eigenvalue weighted by atomic mass is 9.51. The smallest absolute Gasteiger partial charge is 0.241 e. The average Bonchev–Trinajstić information content (AvgIpc) is 3.41. The van der Waals surface area contributed by atoms with Crippen molar-refractivity contribution in [2.75, 3.05) is 11.4 Å². The third-order valence-corrected chi connectivity index (χ3v) is 10.4. The van der Waals surface area contributed by atoms with Crippen LogP contribution in [0, 0.1) is 29.1 Å². The van der Waals surface area contributed by atoms with Gasteiger partial charge >= 0.3 is 0 Å². The number of carbonyl (C=O) groups excluding carboxylic acids is 4. The summed E-state index contributed by atoms with van der Waals surface area (Å²) in [4.78, 5) is 58.5. The average molecular weight is 605 g/mol. The third-order valence-electron chi connectivity index (χ3n) is 10.4. The maximum atomic E-state index is 14.5. The van der Waals surface area contributed by atoms with Crippen molar-refractivity contribution in [2.45, 2.75) is 45.6 Å². The number of amides is 4. The molecule has 3 aromatic carbocycles. The van der Waals surface area contributed by atoms with E-state index in [0.717, 1.165) is 11.1 Å². The van der Waals surface area contributed by atoms with Gasteiger partial charge in [0.15, 0.2) is 0 Å². The summed E-state index contributed by atoms with van der Waals surface area (Å²) < 4.78 is 5.97. The summed E-state index contributed by atoms with van der Waals surface area (Å²) in [6.45, 7) is 4.44. The first-order valence-electron chi connectivity index (χ1n) is 15.7. The summed E-state index contributed by atoms with van der Waals surface area (Å²) in [7, 11) is 0. The molecule has 7 rings (SSSR count). The number of aromatic hydroxyl groups is 1. The molecule has 2 aliphatic carbocycles. The molecule has 2 aliphatic heterocycles. The number of nitrogens with zero attached hydrogens (tertiary/aromatic N) is 2. The number of carbonyl (C=O) groups is 4. The molecule has 8 heteroatoms. The number of likely N-dealkylation sites (tertiary alicyclic amines) is 1. The second-order valence-electron chi connectivity index (χ2n) is 12.8. The molecule has 4 amide bonds. The number of hydrogen-bond acceptors (Lipinski definition) is 6. The van der Waals surface area contributed by atoms with E-state index in [1.54, 1.807) is 42.5 Å². The van der Waals surface area contributed by atoms with Crippen LogP contribution in [0.1, 0.15) is 50.2 Å². The van der Waals surface area contributed by atoms with Gasteiger partial charge in [-0.2, -0.15) is 0 Å². The van der Waals surface area contributed by atoms with Crippen molar-refractivity contribution in [1.82, 2.24) is 4.90 Å². The number of phenolic OH excluding ortho intramolecular Hbond substituents is 1. The number of ether oxygens (including phenoxy) is 1. The summed E-state index contributed by atoms with van der Waals surface area (Å²) in [5.41, 5.74) is 1.60. The first-order valence-corrected chi connectivity index (χ1v) is 15.7. The Hall–Kier alpha value is -4.72. The molecule has 1 saturated carbocycles. The molecule has 230 valence electrons. The lowest BCUT2D eigenvalue weighted by molar-refractivity contribution is -0.140. The molecule has 3 fully saturated rings. The summed E-state index contributed by atoms with van der Waals surface area (Å²) in [5.74, 6) is -3.50. The van der Waals surface area contributed by atoms with Crippen LogP contribution < -0.4 is 9.64 Å². The predicted octanol–water partition coefficient (Wildman–Crippen LogP) is 5.61. The first-order chi connectivity index (χ1) is 21.8. The predicted molar refractivity (Wildman–Crippen MR) is 167 cm³/mol. The minimum Gasteiger partial charge on any atom is -0.508 e. The number of para-hydroxylation sites is 1. The Morgan fingerprint density at radius 3 is 2.29 bits per heavy atom. The second kappa shape index (κ2) is 11.0. The van der Waals surface area contributed by atoms with E-state index in [-0.39, 0.29) is 35.8 Å². The summed E-state index contributed by atoms with van der Waals surface area (Å²) in [6.07, 6.45) is 3.32. The number of rotatable bonds is 7. The van der Waals surface area contributed by atoms with Gasteiger partial charge in [0, 0.05) is 24.1 Å². The molecule has 4 aliphatic rings. The maximum Gasteiger partial charge on any atom is 0.241 e. The van der Waals surface area contributed by atoms with Crippen LogP contribution in [0.3, 0.4) is 0 Å². The molecule has 2 heterocycles. The molecular weight excluding hydrogens is 568 g/mol. The number of benzene rings is 3. The lowest BCUT2D eigenvalue weighted by Crippen LogP contribution is -2.48. The summed E-state index contributed by atoms with van der Waals surface area (Å²) in [6, 6.07) is 23.7. The van der Waals surface area contributed by atoms with Crippen LogP contribution in [0.25, 0.3) is 0 Å². The van der Waals surface area contributed by atoms with E-state index in [0.29, 0.717) is 43.0 Å². The number of anilines is 1. The highest BCUT2D eigenvalue weighted by molar-refractivity contribution is 6.24. The molecule has 0 radical (unpaired) electrons. The van der Waals surface area contributed by atoms with Crippen molar-refractivity contribution in [2.24, 2.45) is 29.1 Å². The number of imide groups is 2. The fraction of sp³-hybridized carbons (Fsp3) is 0.351. The minimum absolute atomic E-state index is 0.0472. The standard InChI is InChI=1S/C37H36N2O6/c1-3-18-38-33(41)27-17-16-25-28(31(27)35(38)43)20-29-34(42)39(23-12-8-5-9-13-23)36(44)37(29,2)32(25)26-15-14-24(19-30(26)40)45-21-22-10-6-4-7-11-22/h4-16,19,27-29,31-32,40H,3,17-18,20-21H2,1-2H3. The van der Waals surface area contributed by atoms with Crippen molar-refractivity contribution < 1.29 is 29.0 Å². The van der Waals surface area contributed by atoms with E-state index in [1.807, 2.05) is 56.3 Å². The van der Waals surface area contributed by atoms with E-state index >= 15 is 0 Å². The Morgan fingerprint density at radius 1 is 0.889 bits per heavy atom. The zero-order chi connectivity index (χ0) is 31.5. The van der Waals surface area contributed by atoms with Crippen molar-refractivity contribution in [3.8, 4) is 11.5 Å². The molecule has 6 atom stereocenters. The van der Waals surface area contributed by atoms with Gasteiger partial charge < -0.3 is 9.84 Å². The molecular formula is C37H36N2O6. The van der Waals surface area contributed by atoms with Crippen LogP contribution in [0.2, 0.25) is 0 Å². The molecule has 8 nitrogen and oxygen atoms in total. The van der Waals surface area contributed by atoms with Gasteiger partial charge in [-0.05, 0) is 55.9 Å². The molecule has 45 heavy (non-hydrogen) atoms. The molecule has 2 saturated heterocycles. The van der Waals surface area contributed by atoms with Gasteiger partial charge in [0.1, 0.15) is 18.1 Å². The monoisotopic (exact) mass is 604 g/mol. The highest BCUT2D eigenvalue weighted by atomic mass is 16.5. The molecule has 1 N–H and O–H groups in total. The van der Waals surface area contributed by atoms with E-state index in [1.165, 1.54) is 9.80 Å². The highest BCUT2D eigenvalue weighted by Crippen LogP contribution is 2.64. The third kappa shape index (κ3) is 4.41. The topological polar surface area (TPSA) is 104 Å². The maximum absolute atomic E-state index is 14.5. The van der Waals surface area contributed by atoms with Crippen LogP contribution in [0.4, 0.5) is 5.69 Å². The molecule has 0 spiro atoms. The molecule has 3 aromatic rings. The van der Waals surface area contributed by atoms with Crippen molar-refractivity contribution >= 4 is 29.3 Å². The van der Waals surface area contributed by atoms with Crippen LogP contribution >= 0.6 is 0 Å². The van der Waals surface area contributed by atoms with Crippen molar-refractivity contribution in [3.05, 3.63) is 102 Å². The first kappa shape index (κ1) is 29.0. The van der Waals surface area contributed by atoms with Crippen molar-refractivity contribution in [1.29, 1.82) is 0 Å². The Morgan fingerprint density at radius 2 is 1.60 bits per heavy atom. The van der Waals surface area contributed by atoms with E-state index < -0.39 is 35.0 Å². The van der Waals surface area contributed by atoms with Crippen LogP contribution in [-0.4, -0.2) is 40.2 Å². The van der Waals surface area contributed by atoms with E-state index in [2.05, 4.69) is 0 Å². The SMILES string of the molecule is CCCN1C(=O)C2CC=C3C(CC4C(=O)N(c5ccccc5)C(=O)C4(C)C3c3ccc(OCc4ccccc4)cc3O)C2C1=O. The number of fused-ring (bicyclic) bond motifs is 4. The van der Waals surface area contributed by atoms with Crippen molar-refractivity contribution in [3.63, 3.8) is 0 Å². The highest BCUT2D eigenvalue weighted by Gasteiger charge is 2.67. The zero-order valence-corrected chi connectivity index (χ0v) is 25.4. The van der Waals surface area contributed by atoms with Crippen LogP contribution in [0.5, 0.6) is 11.5 Å². The fourth-order valence-corrected chi connectivity index (χ4v) is 8.29. The number of phenols is 1. The summed E-state index contributed by atoms with van der Waals surface area (Å²) >= 11 is 0. The summed E-state index contributed by atoms with van der Waals surface area (Å²) in [5, 5.41) is 11.5. The van der Waals surface area contributed by atoms with E-state index in [4.69, 9.17) is 4.74 Å². The Labute approximate surface area is 262 Å². The van der Waals surface area contributed by atoms with Gasteiger partial charge in [0.05, 0.1) is 28.9 Å². The van der Waals surface area contributed by atoms with Gasteiger partial charge in [-0.25, -0.2) is 4.90 Å². The molecule has 0 bridgehead atoms. The van der Waals surface area contributed by atoms with Gasteiger partial charge in [-0.15, -0.1) is 0 Å². The Kier molecular flexibility index (Phi) is 7.10. The lowest BCUT2D eigenvalue weighted by Gasteiger charge is -2.49.